The van der Waals surface area contributed by atoms with Crippen molar-refractivity contribution in [3.8, 4) is 0 Å². The van der Waals surface area contributed by atoms with Crippen molar-refractivity contribution in [1.29, 1.82) is 0 Å². The van der Waals surface area contributed by atoms with E-state index in [2.05, 4.69) is 5.32 Å². The summed E-state index contributed by atoms with van der Waals surface area (Å²) < 4.78 is 0. The molecule has 2 nitrogen and oxygen atoms in total. The Morgan fingerprint density at radius 1 is 1.62 bits per heavy atom. The molecule has 0 spiro atoms. The molecule has 1 aliphatic carbocycles. The van der Waals surface area contributed by atoms with E-state index in [1.165, 1.54) is 11.3 Å². The number of hydrogen-bond acceptors (Lipinski definition) is 2. The smallest absolute Gasteiger partial charge is 0.263 e. The predicted molar refractivity (Wildman–Crippen MR) is 68.8 cm³/mol. The molecule has 88 valence electrons. The largest absolute Gasteiger partial charge is 0.345 e. The van der Waals surface area contributed by atoms with Gasteiger partial charge in [0.2, 0.25) is 0 Å². The fraction of sp³-hybridized carbons (Fsp3) is 0.545. The van der Waals surface area contributed by atoms with E-state index < -0.39 is 0 Å². The number of halogens is 2. The molecule has 0 unspecified atom stereocenters. The van der Waals surface area contributed by atoms with E-state index in [9.17, 15) is 4.79 Å². The summed E-state index contributed by atoms with van der Waals surface area (Å²) in [6, 6.07) is 0. The fourth-order valence-electron chi connectivity index (χ4n) is 1.78. The van der Waals surface area contributed by atoms with E-state index in [0.29, 0.717) is 15.8 Å². The van der Waals surface area contributed by atoms with Crippen LogP contribution in [0, 0.1) is 6.92 Å². The minimum atomic E-state index is -0.195. The minimum Gasteiger partial charge on any atom is -0.345 e. The number of carbonyl (C=O) groups is 1. The van der Waals surface area contributed by atoms with Gasteiger partial charge in [-0.05, 0) is 37.1 Å². The Morgan fingerprint density at radius 3 is 2.69 bits per heavy atom. The molecule has 0 radical (unpaired) electrons. The third-order valence-corrected chi connectivity index (χ3v) is 5.26. The molecule has 0 atom stereocenters. The first kappa shape index (κ1) is 12.2. The van der Waals surface area contributed by atoms with Gasteiger partial charge < -0.3 is 5.32 Å². The van der Waals surface area contributed by atoms with Crippen LogP contribution in [-0.2, 0) is 0 Å². The Balaban J connectivity index is 2.11. The van der Waals surface area contributed by atoms with Gasteiger partial charge in [0, 0.05) is 5.88 Å². The van der Waals surface area contributed by atoms with Crippen molar-refractivity contribution in [3.05, 3.63) is 20.8 Å². The van der Waals surface area contributed by atoms with Crippen LogP contribution in [0.1, 0.15) is 34.5 Å². The SMILES string of the molecule is Cc1csc(C(=O)NC2(CCl)CCC2)c1Cl. The Labute approximate surface area is 109 Å². The molecule has 0 bridgehead atoms. The monoisotopic (exact) mass is 277 g/mol. The fourth-order valence-corrected chi connectivity index (χ4v) is 3.28. The molecule has 1 amide bonds. The first-order valence-corrected chi connectivity index (χ1v) is 6.99. The summed E-state index contributed by atoms with van der Waals surface area (Å²) in [7, 11) is 0. The molecule has 1 aromatic rings. The van der Waals surface area contributed by atoms with Crippen molar-refractivity contribution in [2.75, 3.05) is 5.88 Å². The van der Waals surface area contributed by atoms with Crippen LogP contribution in [0.2, 0.25) is 5.02 Å². The van der Waals surface area contributed by atoms with Crippen LogP contribution in [-0.4, -0.2) is 17.3 Å². The van der Waals surface area contributed by atoms with Crippen molar-refractivity contribution in [3.63, 3.8) is 0 Å². The average Bonchev–Trinajstić information content (AvgIpc) is 2.54. The second-order valence-electron chi connectivity index (χ2n) is 4.28. The van der Waals surface area contributed by atoms with Gasteiger partial charge in [0.15, 0.2) is 0 Å². The van der Waals surface area contributed by atoms with E-state index in [1.807, 2.05) is 12.3 Å². The van der Waals surface area contributed by atoms with Crippen LogP contribution in [0.25, 0.3) is 0 Å². The summed E-state index contributed by atoms with van der Waals surface area (Å²) in [4.78, 5) is 12.6. The third kappa shape index (κ3) is 2.08. The maximum absolute atomic E-state index is 12.0. The number of amides is 1. The lowest BCUT2D eigenvalue weighted by molar-refractivity contribution is 0.0858. The van der Waals surface area contributed by atoms with Gasteiger partial charge in [0.05, 0.1) is 10.6 Å². The molecule has 1 heterocycles. The molecule has 1 N–H and O–H groups in total. The second kappa shape index (κ2) is 4.55. The highest BCUT2D eigenvalue weighted by Gasteiger charge is 2.38. The highest BCUT2D eigenvalue weighted by Crippen LogP contribution is 2.34. The average molecular weight is 278 g/mol. The maximum atomic E-state index is 12.0. The zero-order chi connectivity index (χ0) is 11.8. The molecule has 5 heteroatoms. The van der Waals surface area contributed by atoms with E-state index >= 15 is 0 Å². The standard InChI is InChI=1S/C11H13Cl2NOS/c1-7-5-16-9(8(7)13)10(15)14-11(6-12)3-2-4-11/h5H,2-4,6H2,1H3,(H,14,15). The summed E-state index contributed by atoms with van der Waals surface area (Å²) >= 11 is 13.3. The van der Waals surface area contributed by atoms with Crippen LogP contribution in [0.3, 0.4) is 0 Å². The molecule has 1 fully saturated rings. The Bertz CT molecular complexity index is 407. The van der Waals surface area contributed by atoms with Crippen molar-refractivity contribution < 1.29 is 4.79 Å². The van der Waals surface area contributed by atoms with Gasteiger partial charge in [-0.1, -0.05) is 11.6 Å². The first-order valence-electron chi connectivity index (χ1n) is 5.20. The number of hydrogen-bond donors (Lipinski definition) is 1. The molecule has 1 saturated carbocycles. The van der Waals surface area contributed by atoms with Gasteiger partial charge in [-0.2, -0.15) is 0 Å². The van der Waals surface area contributed by atoms with E-state index in [0.717, 1.165) is 24.8 Å². The third-order valence-electron chi connectivity index (χ3n) is 3.05. The first-order chi connectivity index (χ1) is 7.58. The molecule has 0 aliphatic heterocycles. The number of thiophene rings is 1. The van der Waals surface area contributed by atoms with Crippen LogP contribution in [0.4, 0.5) is 0 Å². The van der Waals surface area contributed by atoms with Crippen LogP contribution >= 0.6 is 34.5 Å². The van der Waals surface area contributed by atoms with Gasteiger partial charge >= 0.3 is 0 Å². The molecule has 1 aliphatic rings. The predicted octanol–water partition coefficient (Wildman–Crippen LogP) is 3.60. The zero-order valence-electron chi connectivity index (χ0n) is 8.98. The number of nitrogens with one attached hydrogen (secondary N) is 1. The van der Waals surface area contributed by atoms with Gasteiger partial charge in [-0.3, -0.25) is 4.79 Å². The molecule has 1 aromatic heterocycles. The Hall–Kier alpha value is -0.250. The highest BCUT2D eigenvalue weighted by atomic mass is 35.5. The summed E-state index contributed by atoms with van der Waals surface area (Å²) in [5.74, 6) is 0.379. The second-order valence-corrected chi connectivity index (χ2v) is 5.81. The number of alkyl halides is 1. The normalized spacial score (nSPS) is 17.9. The molecule has 0 aromatic carbocycles. The van der Waals surface area contributed by atoms with Crippen molar-refractivity contribution in [1.82, 2.24) is 5.32 Å². The topological polar surface area (TPSA) is 29.1 Å². The van der Waals surface area contributed by atoms with Crippen molar-refractivity contribution >= 4 is 40.4 Å². The number of aryl methyl sites for hydroxylation is 1. The molecule has 0 saturated heterocycles. The number of carbonyl (C=O) groups excluding carboxylic acids is 1. The summed E-state index contributed by atoms with van der Waals surface area (Å²) in [5.41, 5.74) is 0.755. The summed E-state index contributed by atoms with van der Waals surface area (Å²) in [5, 5.41) is 5.46. The Kier molecular flexibility index (Phi) is 3.48. The van der Waals surface area contributed by atoms with E-state index in [-0.39, 0.29) is 11.4 Å². The van der Waals surface area contributed by atoms with Gasteiger partial charge in [0.25, 0.3) is 5.91 Å². The summed E-state index contributed by atoms with van der Waals surface area (Å²) in [6.45, 7) is 1.90. The lowest BCUT2D eigenvalue weighted by Crippen LogP contribution is -2.54. The van der Waals surface area contributed by atoms with Gasteiger partial charge in [-0.15, -0.1) is 22.9 Å². The molecular formula is C11H13Cl2NOS. The zero-order valence-corrected chi connectivity index (χ0v) is 11.3. The van der Waals surface area contributed by atoms with Gasteiger partial charge in [-0.25, -0.2) is 0 Å². The maximum Gasteiger partial charge on any atom is 0.263 e. The lowest BCUT2D eigenvalue weighted by Gasteiger charge is -2.40. The molecule has 16 heavy (non-hydrogen) atoms. The van der Waals surface area contributed by atoms with Crippen molar-refractivity contribution in [2.45, 2.75) is 31.7 Å². The summed E-state index contributed by atoms with van der Waals surface area (Å²) in [6.07, 6.45) is 3.05. The van der Waals surface area contributed by atoms with Crippen LogP contribution in [0.5, 0.6) is 0 Å². The van der Waals surface area contributed by atoms with E-state index in [1.54, 1.807) is 0 Å². The Morgan fingerprint density at radius 2 is 2.31 bits per heavy atom. The van der Waals surface area contributed by atoms with Crippen molar-refractivity contribution in [2.24, 2.45) is 0 Å². The van der Waals surface area contributed by atoms with Crippen LogP contribution < -0.4 is 5.32 Å². The highest BCUT2D eigenvalue weighted by molar-refractivity contribution is 7.13. The lowest BCUT2D eigenvalue weighted by atomic mass is 9.78. The van der Waals surface area contributed by atoms with Crippen LogP contribution in [0.15, 0.2) is 5.38 Å². The van der Waals surface area contributed by atoms with E-state index in [4.69, 9.17) is 23.2 Å². The van der Waals surface area contributed by atoms with Gasteiger partial charge in [0.1, 0.15) is 4.88 Å². The minimum absolute atomic E-state index is 0.0940. The molecular weight excluding hydrogens is 265 g/mol. The molecule has 2 rings (SSSR count). The quantitative estimate of drug-likeness (QED) is 0.841. The number of rotatable bonds is 3.